The Kier molecular flexibility index (Phi) is 15.3. The van der Waals surface area contributed by atoms with E-state index in [2.05, 4.69) is 10.6 Å². The number of alkyl halides is 3. The zero-order valence-electron chi connectivity index (χ0n) is 27.2. The molecule has 3 rings (SSSR count). The number of methoxy groups -OCH3 is 1. The molecule has 3 aromatic rings. The number of nitrogens with one attached hydrogen (secondary N) is 2. The van der Waals surface area contributed by atoms with Crippen molar-refractivity contribution >= 4 is 23.6 Å². The Morgan fingerprint density at radius 3 is 2.06 bits per heavy atom. The number of rotatable bonds is 14. The van der Waals surface area contributed by atoms with Crippen LogP contribution in [-0.2, 0) is 17.8 Å². The van der Waals surface area contributed by atoms with Gasteiger partial charge in [-0.05, 0) is 73.4 Å². The smallest absolute Gasteiger partial charge is 0.490 e. The number of halogens is 5. The first-order valence-corrected chi connectivity index (χ1v) is 14.9. The number of amides is 2. The van der Waals surface area contributed by atoms with Crippen molar-refractivity contribution in [1.82, 2.24) is 15.5 Å². The van der Waals surface area contributed by atoms with E-state index in [9.17, 15) is 41.4 Å². The van der Waals surface area contributed by atoms with Gasteiger partial charge in [0.2, 0.25) is 0 Å². The van der Waals surface area contributed by atoms with Crippen LogP contribution in [0.4, 0.5) is 22.0 Å². The Balaban J connectivity index is 0.00000107. The van der Waals surface area contributed by atoms with Crippen LogP contribution in [0.1, 0.15) is 62.5 Å². The number of aliphatic hydroxyl groups excluding tert-OH is 1. The van der Waals surface area contributed by atoms with Gasteiger partial charge in [-0.25, -0.2) is 13.6 Å². The van der Waals surface area contributed by atoms with Crippen molar-refractivity contribution in [2.75, 3.05) is 27.2 Å². The standard InChI is InChI=1S/C32H37F2N3O5.C2HF3O2/c1-5-9-37(3)32(41)25-15-23(20(2)38)14-24(16-25)31(40)36-29(13-22-10-26(33)17-27(34)11-22)30(39)19-35-18-21-7-6-8-28(12-21)42-4;3-2(4,5)1(6)7/h6-8,10-12,14-17,29-30,35,39H,5,9,13,18-19H2,1-4H3,(H,36,40);(H,6,7)/t29-,30+;/m0./s1. The third-order valence-corrected chi connectivity index (χ3v) is 6.97. The zero-order valence-corrected chi connectivity index (χ0v) is 27.2. The number of carboxylic acid groups (broad SMARTS) is 1. The maximum atomic E-state index is 13.9. The lowest BCUT2D eigenvalue weighted by atomic mass is 9.98. The predicted molar refractivity (Wildman–Crippen MR) is 169 cm³/mol. The third kappa shape index (κ3) is 13.3. The molecule has 0 bridgehead atoms. The molecule has 3 aromatic carbocycles. The minimum atomic E-state index is -5.08. The zero-order chi connectivity index (χ0) is 36.9. The average molecular weight is 696 g/mol. The minimum absolute atomic E-state index is 0.0407. The lowest BCUT2D eigenvalue weighted by Gasteiger charge is -2.25. The third-order valence-electron chi connectivity index (χ3n) is 6.97. The van der Waals surface area contributed by atoms with Gasteiger partial charge in [0.15, 0.2) is 5.78 Å². The van der Waals surface area contributed by atoms with Crippen LogP contribution >= 0.6 is 0 Å². The summed E-state index contributed by atoms with van der Waals surface area (Å²) in [5, 5.41) is 24.1. The number of carbonyl (C=O) groups excluding carboxylic acids is 3. The second-order valence-electron chi connectivity index (χ2n) is 11.0. The highest BCUT2D eigenvalue weighted by atomic mass is 19.4. The predicted octanol–water partition coefficient (Wildman–Crippen LogP) is 4.78. The molecule has 0 fully saturated rings. The molecule has 2 atom stereocenters. The summed E-state index contributed by atoms with van der Waals surface area (Å²) >= 11 is 0. The summed E-state index contributed by atoms with van der Waals surface area (Å²) in [6.07, 6.45) is -5.60. The normalized spacial score (nSPS) is 12.2. The summed E-state index contributed by atoms with van der Waals surface area (Å²) in [4.78, 5) is 49.0. The number of hydrogen-bond acceptors (Lipinski definition) is 7. The van der Waals surface area contributed by atoms with E-state index in [0.717, 1.165) is 30.2 Å². The van der Waals surface area contributed by atoms with Crippen molar-refractivity contribution in [3.63, 3.8) is 0 Å². The molecule has 0 saturated carbocycles. The summed E-state index contributed by atoms with van der Waals surface area (Å²) < 4.78 is 64.8. The van der Waals surface area contributed by atoms with Gasteiger partial charge >= 0.3 is 12.1 Å². The van der Waals surface area contributed by atoms with Gasteiger partial charge in [0.1, 0.15) is 17.4 Å². The van der Waals surface area contributed by atoms with Crippen molar-refractivity contribution in [2.45, 2.75) is 51.6 Å². The van der Waals surface area contributed by atoms with Crippen LogP contribution in [0.25, 0.3) is 0 Å². The maximum Gasteiger partial charge on any atom is 0.490 e. The lowest BCUT2D eigenvalue weighted by Crippen LogP contribution is -2.48. The molecule has 0 radical (unpaired) electrons. The van der Waals surface area contributed by atoms with Crippen LogP contribution in [0.3, 0.4) is 0 Å². The van der Waals surface area contributed by atoms with Crippen LogP contribution in [0, 0.1) is 11.6 Å². The first kappa shape index (κ1) is 40.3. The highest BCUT2D eigenvalue weighted by Gasteiger charge is 2.38. The number of carbonyl (C=O) groups is 4. The number of benzene rings is 3. The van der Waals surface area contributed by atoms with E-state index in [0.29, 0.717) is 18.8 Å². The van der Waals surface area contributed by atoms with Crippen molar-refractivity contribution in [1.29, 1.82) is 0 Å². The molecular formula is C34H38F5N3O7. The second kappa shape index (κ2) is 18.6. The molecule has 0 aliphatic rings. The Morgan fingerprint density at radius 2 is 1.51 bits per heavy atom. The fourth-order valence-corrected chi connectivity index (χ4v) is 4.55. The van der Waals surface area contributed by atoms with Crippen LogP contribution in [0.15, 0.2) is 60.7 Å². The molecule has 0 aromatic heterocycles. The number of nitrogens with zero attached hydrogens (tertiary/aromatic N) is 1. The molecule has 0 saturated heterocycles. The molecule has 266 valence electrons. The van der Waals surface area contributed by atoms with Gasteiger partial charge in [0.25, 0.3) is 11.8 Å². The Bertz CT molecular complexity index is 1600. The molecule has 2 amide bonds. The van der Waals surface area contributed by atoms with Gasteiger partial charge in [-0.1, -0.05) is 19.1 Å². The highest BCUT2D eigenvalue weighted by molar-refractivity contribution is 6.04. The molecule has 4 N–H and O–H groups in total. The van der Waals surface area contributed by atoms with E-state index in [-0.39, 0.29) is 46.9 Å². The fraction of sp³-hybridized carbons (Fsp3) is 0.353. The van der Waals surface area contributed by atoms with Gasteiger partial charge in [-0.2, -0.15) is 13.2 Å². The van der Waals surface area contributed by atoms with Gasteiger partial charge in [0.05, 0.1) is 19.3 Å². The Labute approximate surface area is 279 Å². The van der Waals surface area contributed by atoms with Crippen LogP contribution in [0.5, 0.6) is 5.75 Å². The number of carboxylic acids is 1. The SMILES string of the molecule is CCCN(C)C(=O)c1cc(C(C)=O)cc(C(=O)N[C@@H](Cc2cc(F)cc(F)c2)[C@H](O)CNCc2cccc(OC)c2)c1.O=C(O)C(F)(F)F. The summed E-state index contributed by atoms with van der Waals surface area (Å²) in [7, 11) is 3.20. The number of hydrogen-bond donors (Lipinski definition) is 4. The van der Waals surface area contributed by atoms with E-state index in [1.165, 1.54) is 30.0 Å². The van der Waals surface area contributed by atoms with Gasteiger partial charge < -0.3 is 30.5 Å². The first-order valence-electron chi connectivity index (χ1n) is 14.9. The van der Waals surface area contributed by atoms with Crippen molar-refractivity contribution in [2.24, 2.45) is 0 Å². The lowest BCUT2D eigenvalue weighted by molar-refractivity contribution is -0.192. The van der Waals surface area contributed by atoms with E-state index in [1.807, 2.05) is 31.2 Å². The van der Waals surface area contributed by atoms with Gasteiger partial charge in [-0.15, -0.1) is 0 Å². The van der Waals surface area contributed by atoms with Crippen molar-refractivity contribution in [3.05, 3.63) is 100 Å². The summed E-state index contributed by atoms with van der Waals surface area (Å²) in [5.41, 5.74) is 1.54. The molecule has 10 nitrogen and oxygen atoms in total. The van der Waals surface area contributed by atoms with Crippen molar-refractivity contribution in [3.8, 4) is 5.75 Å². The Morgan fingerprint density at radius 1 is 0.918 bits per heavy atom. The summed E-state index contributed by atoms with van der Waals surface area (Å²) in [6.45, 7) is 4.18. The topological polar surface area (TPSA) is 145 Å². The summed E-state index contributed by atoms with van der Waals surface area (Å²) in [5.74, 6) is -4.97. The maximum absolute atomic E-state index is 13.9. The van der Waals surface area contributed by atoms with Gasteiger partial charge in [-0.3, -0.25) is 14.4 Å². The quantitative estimate of drug-likeness (QED) is 0.139. The number of ether oxygens (including phenoxy) is 1. The molecule has 0 aliphatic heterocycles. The molecule has 0 unspecified atom stereocenters. The molecule has 0 spiro atoms. The monoisotopic (exact) mass is 695 g/mol. The van der Waals surface area contributed by atoms with E-state index < -0.39 is 41.8 Å². The van der Waals surface area contributed by atoms with Crippen LogP contribution in [-0.4, -0.2) is 84.2 Å². The van der Waals surface area contributed by atoms with Crippen molar-refractivity contribution < 1.29 is 56.1 Å². The van der Waals surface area contributed by atoms with E-state index >= 15 is 0 Å². The first-order chi connectivity index (χ1) is 22.9. The minimum Gasteiger partial charge on any atom is -0.497 e. The van der Waals surface area contributed by atoms with Crippen LogP contribution < -0.4 is 15.4 Å². The molecule has 0 aliphatic carbocycles. The number of aliphatic carboxylic acids is 1. The largest absolute Gasteiger partial charge is 0.497 e. The van der Waals surface area contributed by atoms with Crippen LogP contribution in [0.2, 0.25) is 0 Å². The van der Waals surface area contributed by atoms with Gasteiger partial charge in [0, 0.05) is 49.4 Å². The molecule has 0 heterocycles. The number of Topliss-reactive ketones (excluding diaryl/α,β-unsaturated/α-hetero) is 1. The Hall–Kier alpha value is -4.89. The molecule has 15 heteroatoms. The highest BCUT2D eigenvalue weighted by Crippen LogP contribution is 2.17. The fourth-order valence-electron chi connectivity index (χ4n) is 4.55. The average Bonchev–Trinajstić information content (AvgIpc) is 3.03. The van der Waals surface area contributed by atoms with E-state index in [1.54, 1.807) is 14.2 Å². The molecule has 49 heavy (non-hydrogen) atoms. The molecular weight excluding hydrogens is 657 g/mol. The summed E-state index contributed by atoms with van der Waals surface area (Å²) in [6, 6.07) is 13.6. The van der Waals surface area contributed by atoms with E-state index in [4.69, 9.17) is 14.6 Å². The second-order valence-corrected chi connectivity index (χ2v) is 11.0. The number of aliphatic hydroxyl groups is 1. The number of ketones is 1.